The number of aliphatic hydroxyl groups is 1. The Morgan fingerprint density at radius 2 is 2.43 bits per heavy atom. The van der Waals surface area contributed by atoms with Crippen LogP contribution in [0.4, 0.5) is 5.82 Å². The normalized spacial score (nSPS) is 12.1. The minimum absolute atomic E-state index is 0.200. The summed E-state index contributed by atoms with van der Waals surface area (Å²) in [5.41, 5.74) is -0.586. The predicted molar refractivity (Wildman–Crippen MR) is 47.0 cm³/mol. The number of H-pyrrole nitrogens is 1. The van der Waals surface area contributed by atoms with E-state index in [1.807, 2.05) is 0 Å². The summed E-state index contributed by atoms with van der Waals surface area (Å²) < 4.78 is 0. The van der Waals surface area contributed by atoms with Gasteiger partial charge in [0.05, 0.1) is 6.61 Å². The van der Waals surface area contributed by atoms with Gasteiger partial charge in [-0.2, -0.15) is 0 Å². The minimum Gasteiger partial charge on any atom is -0.480 e. The molecule has 0 aromatic carbocycles. The van der Waals surface area contributed by atoms with E-state index in [1.54, 1.807) is 0 Å². The predicted octanol–water partition coefficient (Wildman–Crippen LogP) is -1.37. The van der Waals surface area contributed by atoms with Crippen LogP contribution in [0, 0.1) is 0 Å². The molecule has 0 saturated heterocycles. The summed E-state index contributed by atoms with van der Waals surface area (Å²) >= 11 is 0. The first-order valence-corrected chi connectivity index (χ1v) is 3.79. The van der Waals surface area contributed by atoms with Crippen molar-refractivity contribution in [1.82, 2.24) is 9.97 Å². The third-order valence-electron chi connectivity index (χ3n) is 1.48. The standard InChI is InChI=1S/C7H9N3O4/c11-3-4(6(12)13)9-5-1-2-8-7(14)10-5/h1-2,4,11H,3H2,(H,12,13)(H2,8,9,10,14)/t4-/m0/s1. The molecule has 0 fully saturated rings. The zero-order valence-corrected chi connectivity index (χ0v) is 7.10. The zero-order chi connectivity index (χ0) is 10.6. The van der Waals surface area contributed by atoms with Gasteiger partial charge < -0.3 is 15.5 Å². The molecule has 1 heterocycles. The molecule has 0 spiro atoms. The van der Waals surface area contributed by atoms with Crippen LogP contribution in [-0.2, 0) is 4.79 Å². The molecular formula is C7H9N3O4. The van der Waals surface area contributed by atoms with Gasteiger partial charge in [0, 0.05) is 6.20 Å². The smallest absolute Gasteiger partial charge is 0.346 e. The number of nitrogens with zero attached hydrogens (tertiary/aromatic N) is 1. The van der Waals surface area contributed by atoms with E-state index in [-0.39, 0.29) is 5.82 Å². The van der Waals surface area contributed by atoms with Crippen LogP contribution in [0.15, 0.2) is 17.1 Å². The van der Waals surface area contributed by atoms with Crippen LogP contribution in [0.3, 0.4) is 0 Å². The molecule has 76 valence electrons. The average Bonchev–Trinajstić information content (AvgIpc) is 2.14. The Morgan fingerprint density at radius 3 is 2.93 bits per heavy atom. The number of aliphatic carboxylic acids is 1. The largest absolute Gasteiger partial charge is 0.480 e. The highest BCUT2D eigenvalue weighted by Crippen LogP contribution is 1.99. The number of carbonyl (C=O) groups is 1. The monoisotopic (exact) mass is 199 g/mol. The molecule has 14 heavy (non-hydrogen) atoms. The fraction of sp³-hybridized carbons (Fsp3) is 0.286. The lowest BCUT2D eigenvalue weighted by Gasteiger charge is -2.11. The van der Waals surface area contributed by atoms with Crippen molar-refractivity contribution in [1.29, 1.82) is 0 Å². The Kier molecular flexibility index (Phi) is 3.19. The number of aromatic nitrogens is 2. The molecule has 0 amide bonds. The lowest BCUT2D eigenvalue weighted by atomic mass is 10.3. The maximum absolute atomic E-state index is 10.7. The zero-order valence-electron chi connectivity index (χ0n) is 7.10. The van der Waals surface area contributed by atoms with Crippen LogP contribution in [0.2, 0.25) is 0 Å². The van der Waals surface area contributed by atoms with E-state index < -0.39 is 24.3 Å². The first kappa shape index (κ1) is 10.2. The van der Waals surface area contributed by atoms with Gasteiger partial charge in [-0.15, -0.1) is 0 Å². The molecule has 1 aromatic heterocycles. The third kappa shape index (κ3) is 2.56. The molecule has 0 saturated carbocycles. The third-order valence-corrected chi connectivity index (χ3v) is 1.48. The van der Waals surface area contributed by atoms with Gasteiger partial charge in [-0.3, -0.25) is 4.98 Å². The first-order chi connectivity index (χ1) is 6.63. The van der Waals surface area contributed by atoms with Crippen molar-refractivity contribution in [3.8, 4) is 0 Å². The molecule has 1 rings (SSSR count). The van der Waals surface area contributed by atoms with Crippen molar-refractivity contribution in [2.45, 2.75) is 6.04 Å². The first-order valence-electron chi connectivity index (χ1n) is 3.79. The molecule has 0 unspecified atom stereocenters. The number of rotatable bonds is 4. The van der Waals surface area contributed by atoms with E-state index in [4.69, 9.17) is 10.2 Å². The molecule has 0 aliphatic rings. The topological polar surface area (TPSA) is 115 Å². The number of carboxylic acid groups (broad SMARTS) is 1. The minimum atomic E-state index is -1.20. The summed E-state index contributed by atoms with van der Waals surface area (Å²) in [6, 6.07) is 0.251. The lowest BCUT2D eigenvalue weighted by molar-refractivity contribution is -0.138. The molecule has 0 aliphatic heterocycles. The van der Waals surface area contributed by atoms with Gasteiger partial charge in [-0.25, -0.2) is 14.6 Å². The summed E-state index contributed by atoms with van der Waals surface area (Å²) in [4.78, 5) is 26.8. The second kappa shape index (κ2) is 4.38. The van der Waals surface area contributed by atoms with E-state index in [9.17, 15) is 9.59 Å². The van der Waals surface area contributed by atoms with Gasteiger partial charge in [0.2, 0.25) is 0 Å². The Bertz CT molecular complexity index is 375. The summed E-state index contributed by atoms with van der Waals surface area (Å²) in [5, 5.41) is 19.7. The fourth-order valence-corrected chi connectivity index (χ4v) is 0.826. The second-order valence-electron chi connectivity index (χ2n) is 2.51. The maximum atomic E-state index is 10.7. The van der Waals surface area contributed by atoms with E-state index in [2.05, 4.69) is 15.3 Å². The van der Waals surface area contributed by atoms with Gasteiger partial charge in [0.25, 0.3) is 0 Å². The van der Waals surface area contributed by atoms with Crippen molar-refractivity contribution in [3.05, 3.63) is 22.7 Å². The summed E-state index contributed by atoms with van der Waals surface area (Å²) in [7, 11) is 0. The van der Waals surface area contributed by atoms with Crippen molar-refractivity contribution in [2.75, 3.05) is 11.9 Å². The molecule has 0 aliphatic carbocycles. The van der Waals surface area contributed by atoms with Crippen LogP contribution >= 0.6 is 0 Å². The molecule has 1 aromatic rings. The Hall–Kier alpha value is -1.89. The van der Waals surface area contributed by atoms with Crippen LogP contribution in [0.1, 0.15) is 0 Å². The van der Waals surface area contributed by atoms with Gasteiger partial charge in [-0.05, 0) is 6.07 Å². The van der Waals surface area contributed by atoms with Gasteiger partial charge in [-0.1, -0.05) is 0 Å². The molecule has 1 atom stereocenters. The van der Waals surface area contributed by atoms with Crippen LogP contribution in [0.25, 0.3) is 0 Å². The Morgan fingerprint density at radius 1 is 1.71 bits per heavy atom. The van der Waals surface area contributed by atoms with Crippen LogP contribution in [0.5, 0.6) is 0 Å². The van der Waals surface area contributed by atoms with Crippen molar-refractivity contribution >= 4 is 11.8 Å². The molecular weight excluding hydrogens is 190 g/mol. The molecule has 4 N–H and O–H groups in total. The fourth-order valence-electron chi connectivity index (χ4n) is 0.826. The number of carboxylic acids is 1. The van der Waals surface area contributed by atoms with E-state index >= 15 is 0 Å². The number of aliphatic hydroxyl groups excluding tert-OH is 1. The lowest BCUT2D eigenvalue weighted by Crippen LogP contribution is -2.33. The van der Waals surface area contributed by atoms with Gasteiger partial charge in [0.1, 0.15) is 11.9 Å². The second-order valence-corrected chi connectivity index (χ2v) is 2.51. The Labute approximate surface area is 78.4 Å². The highest BCUT2D eigenvalue weighted by atomic mass is 16.4. The molecule has 7 nitrogen and oxygen atoms in total. The molecule has 0 radical (unpaired) electrons. The SMILES string of the molecule is O=C(O)[C@H](CO)Nc1ccnc(=O)[nH]1. The number of hydrogen-bond acceptors (Lipinski definition) is 5. The van der Waals surface area contributed by atoms with E-state index in [0.29, 0.717) is 0 Å². The Balaban J connectivity index is 2.77. The number of aromatic amines is 1. The van der Waals surface area contributed by atoms with Crippen molar-refractivity contribution in [2.24, 2.45) is 0 Å². The number of nitrogens with one attached hydrogen (secondary N) is 2. The quantitative estimate of drug-likeness (QED) is 0.475. The highest BCUT2D eigenvalue weighted by molar-refractivity contribution is 5.76. The van der Waals surface area contributed by atoms with Gasteiger partial charge in [0.15, 0.2) is 0 Å². The summed E-state index contributed by atoms with van der Waals surface area (Å²) in [5.74, 6) is -1.00. The van der Waals surface area contributed by atoms with Crippen molar-refractivity contribution in [3.63, 3.8) is 0 Å². The van der Waals surface area contributed by atoms with Crippen molar-refractivity contribution < 1.29 is 15.0 Å². The molecule has 0 bridgehead atoms. The summed E-state index contributed by atoms with van der Waals surface area (Å²) in [6.45, 7) is -0.570. The summed E-state index contributed by atoms with van der Waals surface area (Å²) in [6.07, 6.45) is 1.23. The average molecular weight is 199 g/mol. The number of anilines is 1. The van der Waals surface area contributed by atoms with Crippen LogP contribution in [-0.4, -0.2) is 38.8 Å². The van der Waals surface area contributed by atoms with E-state index in [1.165, 1.54) is 12.3 Å². The maximum Gasteiger partial charge on any atom is 0.346 e. The van der Waals surface area contributed by atoms with E-state index in [0.717, 1.165) is 0 Å². The number of hydrogen-bond donors (Lipinski definition) is 4. The van der Waals surface area contributed by atoms with Gasteiger partial charge >= 0.3 is 11.7 Å². The van der Waals surface area contributed by atoms with Crippen LogP contribution < -0.4 is 11.0 Å². The molecule has 7 heteroatoms. The highest BCUT2D eigenvalue weighted by Gasteiger charge is 2.15.